The van der Waals surface area contributed by atoms with E-state index in [2.05, 4.69) is 22.3 Å². The lowest BCUT2D eigenvalue weighted by Gasteiger charge is -2.26. The van der Waals surface area contributed by atoms with Crippen molar-refractivity contribution in [1.82, 2.24) is 14.5 Å². The fourth-order valence-electron chi connectivity index (χ4n) is 3.38. The number of likely N-dealkylation sites (N-methyl/N-ethyl adjacent to an activating group) is 1. The number of carbonyl (C=O) groups excluding carboxylic acids is 1. The summed E-state index contributed by atoms with van der Waals surface area (Å²) in [5.41, 5.74) is 1.47. The van der Waals surface area contributed by atoms with E-state index in [-0.39, 0.29) is 35.2 Å². The summed E-state index contributed by atoms with van der Waals surface area (Å²) in [5.74, 6) is -0.111. The molecular weight excluding hydrogens is 418 g/mol. The highest BCUT2D eigenvalue weighted by Gasteiger charge is 2.30. The lowest BCUT2D eigenvalue weighted by Crippen LogP contribution is -2.40. The molecule has 1 aliphatic rings. The van der Waals surface area contributed by atoms with Crippen LogP contribution in [0.25, 0.3) is 0 Å². The number of ether oxygens (including phenoxy) is 2. The second-order valence-corrected chi connectivity index (χ2v) is 9.27. The average molecular weight is 448 g/mol. The predicted molar refractivity (Wildman–Crippen MR) is 118 cm³/mol. The Morgan fingerprint density at radius 2 is 1.87 bits per heavy atom. The van der Waals surface area contributed by atoms with E-state index in [0.717, 1.165) is 6.54 Å². The SMILES string of the molecule is COc1ccc(C(=O)NCCN(C)Cc2ccccc2)cc1S(=O)(=O)N1CCOCC1. The number of amides is 1. The molecule has 3 rings (SSSR count). The van der Waals surface area contributed by atoms with E-state index in [1.54, 1.807) is 6.07 Å². The first-order chi connectivity index (χ1) is 14.9. The summed E-state index contributed by atoms with van der Waals surface area (Å²) in [4.78, 5) is 14.7. The summed E-state index contributed by atoms with van der Waals surface area (Å²) in [5, 5.41) is 2.86. The first kappa shape index (κ1) is 23.2. The summed E-state index contributed by atoms with van der Waals surface area (Å²) in [6.45, 7) is 3.12. The number of carbonyl (C=O) groups is 1. The number of hydrogen-bond acceptors (Lipinski definition) is 6. The van der Waals surface area contributed by atoms with Gasteiger partial charge in [-0.1, -0.05) is 30.3 Å². The van der Waals surface area contributed by atoms with Gasteiger partial charge in [-0.25, -0.2) is 8.42 Å². The molecule has 0 aromatic heterocycles. The Morgan fingerprint density at radius 1 is 1.16 bits per heavy atom. The molecule has 0 radical (unpaired) electrons. The molecule has 2 aromatic rings. The molecule has 0 saturated carbocycles. The van der Waals surface area contributed by atoms with Crippen LogP contribution in [0.5, 0.6) is 5.75 Å². The number of morpholine rings is 1. The van der Waals surface area contributed by atoms with Crippen molar-refractivity contribution in [1.29, 1.82) is 0 Å². The molecule has 2 aromatic carbocycles. The molecule has 0 unspecified atom stereocenters. The fourth-order valence-corrected chi connectivity index (χ4v) is 4.97. The van der Waals surface area contributed by atoms with Gasteiger partial charge in [0.1, 0.15) is 10.6 Å². The van der Waals surface area contributed by atoms with E-state index in [1.165, 1.54) is 29.1 Å². The van der Waals surface area contributed by atoms with Crippen molar-refractivity contribution in [2.24, 2.45) is 0 Å². The minimum atomic E-state index is -3.79. The molecule has 1 fully saturated rings. The Hall–Kier alpha value is -2.46. The zero-order valence-corrected chi connectivity index (χ0v) is 18.7. The lowest BCUT2D eigenvalue weighted by molar-refractivity contribution is 0.0729. The third-order valence-corrected chi connectivity index (χ3v) is 7.01. The van der Waals surface area contributed by atoms with Gasteiger partial charge in [-0.3, -0.25) is 4.79 Å². The second-order valence-electron chi connectivity index (χ2n) is 7.36. The smallest absolute Gasteiger partial charge is 0.251 e. The van der Waals surface area contributed by atoms with Gasteiger partial charge in [-0.05, 0) is 30.8 Å². The van der Waals surface area contributed by atoms with Gasteiger partial charge in [-0.15, -0.1) is 0 Å². The number of hydrogen-bond donors (Lipinski definition) is 1. The number of benzene rings is 2. The molecule has 1 N–H and O–H groups in total. The van der Waals surface area contributed by atoms with E-state index in [4.69, 9.17) is 9.47 Å². The van der Waals surface area contributed by atoms with Crippen LogP contribution in [0, 0.1) is 0 Å². The highest BCUT2D eigenvalue weighted by molar-refractivity contribution is 7.89. The van der Waals surface area contributed by atoms with Crippen molar-refractivity contribution in [3.05, 3.63) is 59.7 Å². The molecule has 0 bridgehead atoms. The molecule has 0 atom stereocenters. The van der Waals surface area contributed by atoms with E-state index in [1.807, 2.05) is 25.2 Å². The van der Waals surface area contributed by atoms with Gasteiger partial charge < -0.3 is 19.7 Å². The highest BCUT2D eigenvalue weighted by Crippen LogP contribution is 2.28. The van der Waals surface area contributed by atoms with Gasteiger partial charge in [-0.2, -0.15) is 4.31 Å². The third-order valence-electron chi connectivity index (χ3n) is 5.09. The summed E-state index contributed by atoms with van der Waals surface area (Å²) < 4.78 is 38.0. The summed E-state index contributed by atoms with van der Waals surface area (Å²) in [6.07, 6.45) is 0. The molecule has 8 nitrogen and oxygen atoms in total. The maximum absolute atomic E-state index is 13.1. The number of methoxy groups -OCH3 is 1. The van der Waals surface area contributed by atoms with Crippen molar-refractivity contribution in [3.63, 3.8) is 0 Å². The van der Waals surface area contributed by atoms with Crippen LogP contribution in [-0.4, -0.2) is 77.1 Å². The first-order valence-corrected chi connectivity index (χ1v) is 11.6. The maximum Gasteiger partial charge on any atom is 0.251 e. The standard InChI is InChI=1S/C22H29N3O5S/c1-24(17-18-6-4-3-5-7-18)11-10-23-22(26)19-8-9-20(29-2)21(16-19)31(27,28)25-12-14-30-15-13-25/h3-9,16H,10-15,17H2,1-2H3,(H,23,26). The van der Waals surface area contributed by atoms with Crippen molar-refractivity contribution in [2.45, 2.75) is 11.4 Å². The zero-order chi connectivity index (χ0) is 22.3. The van der Waals surface area contributed by atoms with Crippen molar-refractivity contribution in [3.8, 4) is 5.75 Å². The fraction of sp³-hybridized carbons (Fsp3) is 0.409. The van der Waals surface area contributed by atoms with Crippen LogP contribution < -0.4 is 10.1 Å². The van der Waals surface area contributed by atoms with Crippen LogP contribution in [0.2, 0.25) is 0 Å². The predicted octanol–water partition coefficient (Wildman–Crippen LogP) is 1.58. The maximum atomic E-state index is 13.1. The molecule has 0 spiro atoms. The Labute approximate surface area is 183 Å². The average Bonchev–Trinajstić information content (AvgIpc) is 2.79. The van der Waals surface area contributed by atoms with Crippen LogP contribution in [-0.2, 0) is 21.3 Å². The molecule has 31 heavy (non-hydrogen) atoms. The topological polar surface area (TPSA) is 88.2 Å². The Kier molecular flexibility index (Phi) is 8.03. The zero-order valence-electron chi connectivity index (χ0n) is 17.9. The van der Waals surface area contributed by atoms with Gasteiger partial charge in [0.15, 0.2) is 0 Å². The number of rotatable bonds is 9. The van der Waals surface area contributed by atoms with E-state index in [0.29, 0.717) is 26.3 Å². The van der Waals surface area contributed by atoms with Crippen LogP contribution in [0.15, 0.2) is 53.4 Å². The van der Waals surface area contributed by atoms with Crippen LogP contribution in [0.1, 0.15) is 15.9 Å². The van der Waals surface area contributed by atoms with Crippen molar-refractivity contribution in [2.75, 3.05) is 53.6 Å². The molecule has 1 saturated heterocycles. The van der Waals surface area contributed by atoms with Crippen LogP contribution >= 0.6 is 0 Å². The second kappa shape index (κ2) is 10.7. The van der Waals surface area contributed by atoms with E-state index in [9.17, 15) is 13.2 Å². The van der Waals surface area contributed by atoms with E-state index < -0.39 is 10.0 Å². The summed E-state index contributed by atoms with van der Waals surface area (Å²) in [6, 6.07) is 14.6. The number of nitrogens with one attached hydrogen (secondary N) is 1. The summed E-state index contributed by atoms with van der Waals surface area (Å²) in [7, 11) is -0.391. The van der Waals surface area contributed by atoms with Gasteiger partial charge in [0.05, 0.1) is 20.3 Å². The third kappa shape index (κ3) is 6.04. The quantitative estimate of drug-likeness (QED) is 0.628. The molecule has 9 heteroatoms. The Balaban J connectivity index is 1.64. The van der Waals surface area contributed by atoms with Crippen molar-refractivity contribution < 1.29 is 22.7 Å². The number of sulfonamides is 1. The lowest BCUT2D eigenvalue weighted by atomic mass is 10.2. The van der Waals surface area contributed by atoms with Gasteiger partial charge in [0.2, 0.25) is 10.0 Å². The normalized spacial score (nSPS) is 15.1. The largest absolute Gasteiger partial charge is 0.495 e. The molecule has 1 heterocycles. The van der Waals surface area contributed by atoms with Gasteiger partial charge in [0, 0.05) is 38.3 Å². The monoisotopic (exact) mass is 447 g/mol. The minimum Gasteiger partial charge on any atom is -0.495 e. The molecule has 1 amide bonds. The summed E-state index contributed by atoms with van der Waals surface area (Å²) >= 11 is 0. The van der Waals surface area contributed by atoms with Crippen molar-refractivity contribution >= 4 is 15.9 Å². The van der Waals surface area contributed by atoms with Gasteiger partial charge in [0.25, 0.3) is 5.91 Å². The van der Waals surface area contributed by atoms with Gasteiger partial charge >= 0.3 is 0 Å². The Morgan fingerprint density at radius 3 is 2.55 bits per heavy atom. The molecule has 0 aliphatic carbocycles. The van der Waals surface area contributed by atoms with Crippen LogP contribution in [0.3, 0.4) is 0 Å². The first-order valence-electron chi connectivity index (χ1n) is 10.2. The molecular formula is C22H29N3O5S. The molecule has 1 aliphatic heterocycles. The van der Waals surface area contributed by atoms with E-state index >= 15 is 0 Å². The number of nitrogens with zero attached hydrogens (tertiary/aromatic N) is 2. The Bertz CT molecular complexity index is 976. The highest BCUT2D eigenvalue weighted by atomic mass is 32.2. The molecule has 168 valence electrons. The minimum absolute atomic E-state index is 0.00857. The van der Waals surface area contributed by atoms with Crippen LogP contribution in [0.4, 0.5) is 0 Å².